The van der Waals surface area contributed by atoms with Gasteiger partial charge in [0.25, 0.3) is 0 Å². The SMILES string of the molecule is C[C@H]1C[C@@H]2OC(=O)C[C@H]2CC=C1C(=O)OC(C)(C)C. The maximum absolute atomic E-state index is 12.2. The molecule has 2 aliphatic rings. The van der Waals surface area contributed by atoms with Gasteiger partial charge in [0.1, 0.15) is 11.7 Å². The van der Waals surface area contributed by atoms with Crippen LogP contribution in [0.4, 0.5) is 0 Å². The number of carbonyl (C=O) groups is 2. The Morgan fingerprint density at radius 3 is 2.74 bits per heavy atom. The number of fused-ring (bicyclic) bond motifs is 1. The molecule has 0 bridgehead atoms. The first-order valence-corrected chi connectivity index (χ1v) is 6.89. The van der Waals surface area contributed by atoms with E-state index < -0.39 is 5.60 Å². The van der Waals surface area contributed by atoms with Crippen LogP contribution in [0.25, 0.3) is 0 Å². The second-order valence-corrected chi connectivity index (χ2v) is 6.53. The molecule has 0 saturated carbocycles. The summed E-state index contributed by atoms with van der Waals surface area (Å²) in [4.78, 5) is 23.5. The van der Waals surface area contributed by atoms with Gasteiger partial charge in [0, 0.05) is 11.5 Å². The first kappa shape index (κ1) is 14.1. The van der Waals surface area contributed by atoms with Gasteiger partial charge >= 0.3 is 11.9 Å². The van der Waals surface area contributed by atoms with Crippen molar-refractivity contribution in [2.24, 2.45) is 11.8 Å². The molecule has 0 amide bonds. The minimum atomic E-state index is -0.480. The van der Waals surface area contributed by atoms with Crippen LogP contribution in [0.5, 0.6) is 0 Å². The Morgan fingerprint density at radius 1 is 1.42 bits per heavy atom. The van der Waals surface area contributed by atoms with Crippen LogP contribution in [0, 0.1) is 11.8 Å². The second kappa shape index (κ2) is 4.99. The van der Waals surface area contributed by atoms with Crippen molar-refractivity contribution in [3.63, 3.8) is 0 Å². The third-order valence-electron chi connectivity index (χ3n) is 3.63. The highest BCUT2D eigenvalue weighted by Gasteiger charge is 2.38. The highest BCUT2D eigenvalue weighted by Crippen LogP contribution is 2.36. The summed E-state index contributed by atoms with van der Waals surface area (Å²) in [5.41, 5.74) is 0.243. The number of carbonyl (C=O) groups excluding carboxylic acids is 2. The van der Waals surface area contributed by atoms with Crippen LogP contribution in [-0.4, -0.2) is 23.6 Å². The van der Waals surface area contributed by atoms with E-state index in [2.05, 4.69) is 0 Å². The van der Waals surface area contributed by atoms with Crippen molar-refractivity contribution in [1.29, 1.82) is 0 Å². The highest BCUT2D eigenvalue weighted by atomic mass is 16.6. The molecule has 106 valence electrons. The van der Waals surface area contributed by atoms with E-state index in [9.17, 15) is 9.59 Å². The molecular formula is C15H22O4. The molecule has 3 atom stereocenters. The molecule has 0 aromatic rings. The zero-order valence-electron chi connectivity index (χ0n) is 12.1. The molecule has 1 saturated heterocycles. The third-order valence-corrected chi connectivity index (χ3v) is 3.63. The lowest BCUT2D eigenvalue weighted by molar-refractivity contribution is -0.150. The van der Waals surface area contributed by atoms with Crippen molar-refractivity contribution in [1.82, 2.24) is 0 Å². The van der Waals surface area contributed by atoms with Gasteiger partial charge in [-0.15, -0.1) is 0 Å². The second-order valence-electron chi connectivity index (χ2n) is 6.53. The zero-order chi connectivity index (χ0) is 14.2. The van der Waals surface area contributed by atoms with E-state index >= 15 is 0 Å². The average Bonchev–Trinajstić information content (AvgIpc) is 2.49. The van der Waals surface area contributed by atoms with Crippen molar-refractivity contribution in [2.45, 2.75) is 58.7 Å². The van der Waals surface area contributed by atoms with E-state index in [4.69, 9.17) is 9.47 Å². The maximum atomic E-state index is 12.2. The largest absolute Gasteiger partial charge is 0.462 e. The molecule has 0 spiro atoms. The minimum Gasteiger partial charge on any atom is -0.462 e. The van der Waals surface area contributed by atoms with Gasteiger partial charge in [-0.2, -0.15) is 0 Å². The van der Waals surface area contributed by atoms with Gasteiger partial charge in [-0.3, -0.25) is 4.79 Å². The normalized spacial score (nSPS) is 31.1. The van der Waals surface area contributed by atoms with Crippen LogP contribution in [0.3, 0.4) is 0 Å². The molecule has 1 aliphatic carbocycles. The van der Waals surface area contributed by atoms with E-state index in [-0.39, 0.29) is 29.9 Å². The van der Waals surface area contributed by atoms with Gasteiger partial charge < -0.3 is 9.47 Å². The summed E-state index contributed by atoms with van der Waals surface area (Å²) in [5, 5.41) is 0. The highest BCUT2D eigenvalue weighted by molar-refractivity contribution is 5.89. The topological polar surface area (TPSA) is 52.6 Å². The quantitative estimate of drug-likeness (QED) is 0.685. The van der Waals surface area contributed by atoms with Crippen molar-refractivity contribution >= 4 is 11.9 Å². The lowest BCUT2D eigenvalue weighted by atomic mass is 9.93. The Kier molecular flexibility index (Phi) is 3.70. The first-order valence-electron chi connectivity index (χ1n) is 6.89. The standard InChI is InChI=1S/C15H22O4/c1-9-7-12-10(8-13(16)18-12)5-6-11(9)14(17)19-15(2,3)4/h6,9-10,12H,5,7-8H2,1-4H3/t9-,10+,12-/m0/s1. The minimum absolute atomic E-state index is 0.0429. The van der Waals surface area contributed by atoms with E-state index in [0.29, 0.717) is 12.8 Å². The third kappa shape index (κ3) is 3.37. The van der Waals surface area contributed by atoms with Gasteiger partial charge in [-0.05, 0) is 39.5 Å². The van der Waals surface area contributed by atoms with Crippen molar-refractivity contribution in [2.75, 3.05) is 0 Å². The van der Waals surface area contributed by atoms with Crippen molar-refractivity contribution < 1.29 is 19.1 Å². The summed E-state index contributed by atoms with van der Waals surface area (Å²) < 4.78 is 10.8. The van der Waals surface area contributed by atoms with E-state index in [1.165, 1.54) is 0 Å². The molecule has 0 aromatic heterocycles. The van der Waals surface area contributed by atoms with Gasteiger partial charge in [0.05, 0.1) is 6.42 Å². The molecule has 0 unspecified atom stereocenters. The Hall–Kier alpha value is -1.32. The van der Waals surface area contributed by atoms with Crippen LogP contribution in [0.1, 0.15) is 47.0 Å². The molecule has 4 heteroatoms. The van der Waals surface area contributed by atoms with Crippen molar-refractivity contribution in [3.05, 3.63) is 11.6 Å². The number of esters is 2. The molecule has 4 nitrogen and oxygen atoms in total. The monoisotopic (exact) mass is 266 g/mol. The first-order chi connectivity index (χ1) is 8.76. The predicted molar refractivity (Wildman–Crippen MR) is 70.3 cm³/mol. The lowest BCUT2D eigenvalue weighted by Gasteiger charge is -2.23. The van der Waals surface area contributed by atoms with Crippen LogP contribution < -0.4 is 0 Å². The van der Waals surface area contributed by atoms with Crippen molar-refractivity contribution in [3.8, 4) is 0 Å². The fraction of sp³-hybridized carbons (Fsp3) is 0.733. The fourth-order valence-electron chi connectivity index (χ4n) is 2.71. The summed E-state index contributed by atoms with van der Waals surface area (Å²) >= 11 is 0. The summed E-state index contributed by atoms with van der Waals surface area (Å²) in [6.07, 6.45) is 3.79. The molecule has 1 aliphatic heterocycles. The van der Waals surface area contributed by atoms with Crippen LogP contribution >= 0.6 is 0 Å². The van der Waals surface area contributed by atoms with Crippen LogP contribution in [0.2, 0.25) is 0 Å². The lowest BCUT2D eigenvalue weighted by Crippen LogP contribution is -2.27. The average molecular weight is 266 g/mol. The number of hydrogen-bond donors (Lipinski definition) is 0. The van der Waals surface area contributed by atoms with Crippen LogP contribution in [-0.2, 0) is 19.1 Å². The molecule has 1 fully saturated rings. The molecule has 19 heavy (non-hydrogen) atoms. The summed E-state index contributed by atoms with van der Waals surface area (Å²) in [5.74, 6) is -0.0757. The summed E-state index contributed by atoms with van der Waals surface area (Å²) in [6.45, 7) is 7.58. The molecule has 0 N–H and O–H groups in total. The zero-order valence-corrected chi connectivity index (χ0v) is 12.1. The molecule has 0 aromatic carbocycles. The Balaban J connectivity index is 2.10. The fourth-order valence-corrected chi connectivity index (χ4v) is 2.71. The van der Waals surface area contributed by atoms with Gasteiger partial charge in [-0.25, -0.2) is 4.79 Å². The van der Waals surface area contributed by atoms with E-state index in [1.54, 1.807) is 0 Å². The molecule has 2 rings (SSSR count). The maximum Gasteiger partial charge on any atom is 0.334 e. The van der Waals surface area contributed by atoms with E-state index in [0.717, 1.165) is 12.0 Å². The smallest absolute Gasteiger partial charge is 0.334 e. The number of allylic oxidation sites excluding steroid dienone is 1. The molecule has 0 radical (unpaired) electrons. The Morgan fingerprint density at radius 2 is 2.11 bits per heavy atom. The number of hydrogen-bond acceptors (Lipinski definition) is 4. The Labute approximate surface area is 114 Å². The molecule has 1 heterocycles. The van der Waals surface area contributed by atoms with Gasteiger partial charge in [0.15, 0.2) is 0 Å². The number of ether oxygens (including phenoxy) is 2. The Bertz CT molecular complexity index is 416. The van der Waals surface area contributed by atoms with E-state index in [1.807, 2.05) is 33.8 Å². The van der Waals surface area contributed by atoms with Gasteiger partial charge in [-0.1, -0.05) is 13.0 Å². The molecular weight excluding hydrogens is 244 g/mol. The predicted octanol–water partition coefficient (Wildman–Crippen LogP) is 2.62. The number of rotatable bonds is 1. The van der Waals surface area contributed by atoms with Crippen LogP contribution in [0.15, 0.2) is 11.6 Å². The van der Waals surface area contributed by atoms with Gasteiger partial charge in [0.2, 0.25) is 0 Å². The summed E-state index contributed by atoms with van der Waals surface area (Å²) in [6, 6.07) is 0. The summed E-state index contributed by atoms with van der Waals surface area (Å²) in [7, 11) is 0.